The Morgan fingerprint density at radius 3 is 2.55 bits per heavy atom. The molecule has 29 heavy (non-hydrogen) atoms. The lowest BCUT2D eigenvalue weighted by Gasteiger charge is -2.22. The lowest BCUT2D eigenvalue weighted by Crippen LogP contribution is -2.48. The van der Waals surface area contributed by atoms with Crippen LogP contribution in [0.1, 0.15) is 42.2 Å². The molecule has 0 saturated carbocycles. The molecule has 2 amide bonds. The summed E-state index contributed by atoms with van der Waals surface area (Å²) >= 11 is 5.84. The van der Waals surface area contributed by atoms with E-state index in [9.17, 15) is 18.4 Å². The van der Waals surface area contributed by atoms with Gasteiger partial charge in [-0.05, 0) is 36.6 Å². The summed E-state index contributed by atoms with van der Waals surface area (Å²) < 4.78 is 32.8. The van der Waals surface area contributed by atoms with Gasteiger partial charge in [0.15, 0.2) is 0 Å². The molecule has 0 spiro atoms. The zero-order valence-electron chi connectivity index (χ0n) is 16.0. The van der Waals surface area contributed by atoms with Gasteiger partial charge in [0, 0.05) is 22.7 Å². The molecule has 0 aromatic heterocycles. The Balaban J connectivity index is 1.74. The van der Waals surface area contributed by atoms with Crippen molar-refractivity contribution in [3.8, 4) is 5.75 Å². The number of carbonyl (C=O) groups is 2. The van der Waals surface area contributed by atoms with Crippen molar-refractivity contribution in [3.05, 3.63) is 64.2 Å². The fraction of sp³-hybridized carbons (Fsp3) is 0.333. The molecule has 0 bridgehead atoms. The Morgan fingerprint density at radius 1 is 1.21 bits per heavy atom. The Bertz CT molecular complexity index is 919. The van der Waals surface area contributed by atoms with E-state index in [4.69, 9.17) is 16.3 Å². The summed E-state index contributed by atoms with van der Waals surface area (Å²) in [5.41, 5.74) is 0.471. The second kappa shape index (κ2) is 8.78. The fourth-order valence-electron chi connectivity index (χ4n) is 3.21. The van der Waals surface area contributed by atoms with E-state index in [1.54, 1.807) is 24.3 Å². The van der Waals surface area contributed by atoms with E-state index in [-0.39, 0.29) is 23.8 Å². The molecule has 2 N–H and O–H groups in total. The predicted octanol–water partition coefficient (Wildman–Crippen LogP) is 4.01. The van der Waals surface area contributed by atoms with Gasteiger partial charge < -0.3 is 15.4 Å². The zero-order chi connectivity index (χ0) is 21.1. The van der Waals surface area contributed by atoms with Crippen LogP contribution in [-0.2, 0) is 4.79 Å². The first-order chi connectivity index (χ1) is 13.7. The van der Waals surface area contributed by atoms with E-state index < -0.39 is 35.5 Å². The minimum atomic E-state index is -0.828. The molecule has 2 unspecified atom stereocenters. The highest BCUT2D eigenvalue weighted by Crippen LogP contribution is 2.35. The van der Waals surface area contributed by atoms with Crippen molar-refractivity contribution >= 4 is 23.4 Å². The summed E-state index contributed by atoms with van der Waals surface area (Å²) in [6, 6.07) is 6.54. The first-order valence-electron chi connectivity index (χ1n) is 9.23. The van der Waals surface area contributed by atoms with Crippen molar-refractivity contribution < 1.29 is 23.1 Å². The minimum absolute atomic E-state index is 0.0129. The van der Waals surface area contributed by atoms with Gasteiger partial charge in [-0.25, -0.2) is 8.78 Å². The molecule has 8 heteroatoms. The van der Waals surface area contributed by atoms with Gasteiger partial charge in [-0.1, -0.05) is 25.4 Å². The molecular weight excluding hydrogens is 402 g/mol. The number of rotatable bonds is 6. The average Bonchev–Trinajstić information content (AvgIpc) is 3.04. The van der Waals surface area contributed by atoms with Crippen molar-refractivity contribution in [2.45, 2.75) is 32.4 Å². The smallest absolute Gasteiger partial charge is 0.251 e. The van der Waals surface area contributed by atoms with Crippen LogP contribution in [0.5, 0.6) is 5.75 Å². The van der Waals surface area contributed by atoms with Crippen LogP contribution in [0.25, 0.3) is 0 Å². The third-order valence-corrected chi connectivity index (χ3v) is 4.81. The molecule has 3 rings (SSSR count). The van der Waals surface area contributed by atoms with Crippen molar-refractivity contribution in [2.24, 2.45) is 5.92 Å². The van der Waals surface area contributed by atoms with Gasteiger partial charge in [-0.3, -0.25) is 9.59 Å². The summed E-state index contributed by atoms with van der Waals surface area (Å²) in [7, 11) is 0. The van der Waals surface area contributed by atoms with E-state index >= 15 is 0 Å². The van der Waals surface area contributed by atoms with Gasteiger partial charge in [0.1, 0.15) is 30.0 Å². The maximum atomic E-state index is 14.2. The third-order valence-electron chi connectivity index (χ3n) is 4.56. The number of halogens is 3. The highest BCUT2D eigenvalue weighted by atomic mass is 35.5. The number of hydrogen-bond acceptors (Lipinski definition) is 3. The Morgan fingerprint density at radius 2 is 1.90 bits per heavy atom. The maximum absolute atomic E-state index is 14.2. The molecule has 154 valence electrons. The summed E-state index contributed by atoms with van der Waals surface area (Å²) in [4.78, 5) is 25.4. The zero-order valence-corrected chi connectivity index (χ0v) is 16.7. The van der Waals surface area contributed by atoms with Crippen LogP contribution in [0.2, 0.25) is 5.02 Å². The molecule has 1 aliphatic heterocycles. The van der Waals surface area contributed by atoms with Gasteiger partial charge in [-0.15, -0.1) is 0 Å². The molecule has 0 fully saturated rings. The van der Waals surface area contributed by atoms with Crippen LogP contribution in [0, 0.1) is 17.6 Å². The SMILES string of the molecule is CC(C)CC(NC(=O)c1ccc(Cl)cc1)C(=O)NC1COc2cc(F)cc(F)c21. The minimum Gasteiger partial charge on any atom is -0.490 e. The van der Waals surface area contributed by atoms with Crippen molar-refractivity contribution in [1.82, 2.24) is 10.6 Å². The van der Waals surface area contributed by atoms with Crippen LogP contribution in [0.4, 0.5) is 8.78 Å². The van der Waals surface area contributed by atoms with E-state index in [1.165, 1.54) is 0 Å². The summed E-state index contributed by atoms with van der Waals surface area (Å²) in [6.07, 6.45) is 0.386. The molecule has 5 nitrogen and oxygen atoms in total. The second-order valence-corrected chi connectivity index (χ2v) is 7.77. The highest BCUT2D eigenvalue weighted by molar-refractivity contribution is 6.30. The number of benzene rings is 2. The molecule has 1 heterocycles. The quantitative estimate of drug-likeness (QED) is 0.739. The molecule has 0 saturated heterocycles. The van der Waals surface area contributed by atoms with Gasteiger partial charge in [-0.2, -0.15) is 0 Å². The van der Waals surface area contributed by atoms with E-state index in [0.717, 1.165) is 12.1 Å². The first kappa shape index (κ1) is 21.0. The first-order valence-corrected chi connectivity index (χ1v) is 9.61. The molecular formula is C21H21ClF2N2O3. The predicted molar refractivity (Wildman–Crippen MR) is 105 cm³/mol. The number of amides is 2. The number of nitrogens with one attached hydrogen (secondary N) is 2. The van der Waals surface area contributed by atoms with Gasteiger partial charge in [0.25, 0.3) is 5.91 Å². The molecule has 1 aliphatic rings. The summed E-state index contributed by atoms with van der Waals surface area (Å²) in [6.45, 7) is 3.83. The highest BCUT2D eigenvalue weighted by Gasteiger charge is 2.32. The average molecular weight is 423 g/mol. The van der Waals surface area contributed by atoms with Crippen molar-refractivity contribution in [2.75, 3.05) is 6.61 Å². The molecule has 0 radical (unpaired) electrons. The summed E-state index contributed by atoms with van der Waals surface area (Å²) in [5.74, 6) is -2.23. The van der Waals surface area contributed by atoms with E-state index in [2.05, 4.69) is 10.6 Å². The lowest BCUT2D eigenvalue weighted by atomic mass is 10.0. The summed E-state index contributed by atoms with van der Waals surface area (Å²) in [5, 5.41) is 5.92. The maximum Gasteiger partial charge on any atom is 0.251 e. The molecule has 2 aromatic carbocycles. The van der Waals surface area contributed by atoms with Gasteiger partial charge in [0.2, 0.25) is 5.91 Å². The van der Waals surface area contributed by atoms with Crippen LogP contribution in [-0.4, -0.2) is 24.5 Å². The van der Waals surface area contributed by atoms with Gasteiger partial charge in [0.05, 0.1) is 11.6 Å². The van der Waals surface area contributed by atoms with Crippen molar-refractivity contribution in [1.29, 1.82) is 0 Å². The number of carbonyl (C=O) groups excluding carboxylic acids is 2. The van der Waals surface area contributed by atoms with Crippen molar-refractivity contribution in [3.63, 3.8) is 0 Å². The largest absolute Gasteiger partial charge is 0.490 e. The Labute approximate surface area is 172 Å². The second-order valence-electron chi connectivity index (χ2n) is 7.33. The van der Waals surface area contributed by atoms with Crippen LogP contribution >= 0.6 is 11.6 Å². The Hall–Kier alpha value is -2.67. The number of hydrogen-bond donors (Lipinski definition) is 2. The third kappa shape index (κ3) is 5.03. The number of fused-ring (bicyclic) bond motifs is 1. The van der Waals surface area contributed by atoms with Crippen LogP contribution in [0.15, 0.2) is 36.4 Å². The standard InChI is InChI=1S/C21H21ClF2N2O3/c1-11(2)7-16(25-20(27)12-3-5-13(22)6-4-12)21(28)26-17-10-29-18-9-14(23)8-15(24)19(17)18/h3-6,8-9,11,16-17H,7,10H2,1-2H3,(H,25,27)(H,26,28). The molecule has 2 aromatic rings. The number of ether oxygens (including phenoxy) is 1. The molecule has 0 aliphatic carbocycles. The van der Waals surface area contributed by atoms with Crippen LogP contribution < -0.4 is 15.4 Å². The van der Waals surface area contributed by atoms with Crippen LogP contribution in [0.3, 0.4) is 0 Å². The molecule has 2 atom stereocenters. The van der Waals surface area contributed by atoms with Gasteiger partial charge >= 0.3 is 0 Å². The van der Waals surface area contributed by atoms with E-state index in [0.29, 0.717) is 17.0 Å². The van der Waals surface area contributed by atoms with E-state index in [1.807, 2.05) is 13.8 Å². The normalized spacial score (nSPS) is 16.1. The lowest BCUT2D eigenvalue weighted by molar-refractivity contribution is -0.124. The fourth-order valence-corrected chi connectivity index (χ4v) is 3.33. The Kier molecular flexibility index (Phi) is 6.37. The topological polar surface area (TPSA) is 67.4 Å². The monoisotopic (exact) mass is 422 g/mol.